The summed E-state index contributed by atoms with van der Waals surface area (Å²) in [5.41, 5.74) is 4.35. The van der Waals surface area contributed by atoms with Crippen LogP contribution in [0.3, 0.4) is 0 Å². The first-order valence-corrected chi connectivity index (χ1v) is 7.80. The van der Waals surface area contributed by atoms with E-state index in [1.807, 2.05) is 5.43 Å². The minimum Gasteiger partial charge on any atom is -0.457 e. The molecule has 3 amide bonds. The zero-order valence-corrected chi connectivity index (χ0v) is 14.2. The molecule has 136 valence electrons. The van der Waals surface area contributed by atoms with E-state index in [1.54, 1.807) is 44.2 Å². The Morgan fingerprint density at radius 1 is 1.04 bits per heavy atom. The summed E-state index contributed by atoms with van der Waals surface area (Å²) in [6.45, 7) is 3.40. The maximum Gasteiger partial charge on any atom is 0.327 e. The average molecular weight is 359 g/mol. The van der Waals surface area contributed by atoms with E-state index in [1.165, 1.54) is 12.1 Å². The van der Waals surface area contributed by atoms with Crippen molar-refractivity contribution in [1.29, 1.82) is 0 Å². The number of rotatable bonds is 4. The Morgan fingerprint density at radius 2 is 1.77 bits per heavy atom. The molecule has 0 aliphatic heterocycles. The van der Waals surface area contributed by atoms with Gasteiger partial charge in [0, 0.05) is 12.1 Å². The summed E-state index contributed by atoms with van der Waals surface area (Å²) in [5.74, 6) is -2.29. The molecule has 1 aromatic heterocycles. The summed E-state index contributed by atoms with van der Waals surface area (Å²) in [4.78, 5) is 34.5. The zero-order chi connectivity index (χ0) is 19.1. The van der Waals surface area contributed by atoms with E-state index in [0.717, 1.165) is 6.08 Å². The maximum atomic E-state index is 13.7. The first kappa shape index (κ1) is 18.9. The number of carbonyl (C=O) groups is 3. The zero-order valence-electron chi connectivity index (χ0n) is 14.2. The van der Waals surface area contributed by atoms with Crippen molar-refractivity contribution in [2.24, 2.45) is 0 Å². The highest BCUT2D eigenvalue weighted by atomic mass is 19.1. The molecule has 0 spiro atoms. The lowest BCUT2D eigenvalue weighted by Gasteiger charge is -2.08. The summed E-state index contributed by atoms with van der Waals surface area (Å²) in [7, 11) is 0. The predicted molar refractivity (Wildman–Crippen MR) is 92.7 cm³/mol. The van der Waals surface area contributed by atoms with Crippen LogP contribution in [0.25, 0.3) is 17.4 Å². The second-order valence-electron chi connectivity index (χ2n) is 5.59. The van der Waals surface area contributed by atoms with E-state index < -0.39 is 23.5 Å². The molecule has 0 fully saturated rings. The van der Waals surface area contributed by atoms with Crippen LogP contribution < -0.4 is 16.2 Å². The van der Waals surface area contributed by atoms with Gasteiger partial charge in [0.2, 0.25) is 0 Å². The largest absolute Gasteiger partial charge is 0.457 e. The first-order valence-electron chi connectivity index (χ1n) is 7.80. The van der Waals surface area contributed by atoms with Gasteiger partial charge in [0.15, 0.2) is 0 Å². The van der Waals surface area contributed by atoms with Gasteiger partial charge in [-0.25, -0.2) is 4.39 Å². The standard InChI is InChI=1S/C18H18FN3O4/c1-11(2)20-17(24)18(25)22-21-16(23)10-8-12-7-9-15(26-12)13-5-3-4-6-14(13)19/h3-11H,1-2H3,(H,20,24)(H,21,23)(H,22,25)/b10-8+. The molecule has 2 aromatic rings. The summed E-state index contributed by atoms with van der Waals surface area (Å²) in [5, 5.41) is 2.38. The number of nitrogens with one attached hydrogen (secondary N) is 3. The summed E-state index contributed by atoms with van der Waals surface area (Å²) in [6.07, 6.45) is 2.45. The lowest BCUT2D eigenvalue weighted by Crippen LogP contribution is -2.49. The molecule has 0 saturated heterocycles. The Morgan fingerprint density at radius 3 is 2.46 bits per heavy atom. The van der Waals surface area contributed by atoms with Crippen LogP contribution in [0.4, 0.5) is 4.39 Å². The smallest absolute Gasteiger partial charge is 0.327 e. The SMILES string of the molecule is CC(C)NC(=O)C(=O)NNC(=O)/C=C/c1ccc(-c2ccccc2F)o1. The van der Waals surface area contributed by atoms with Gasteiger partial charge in [0.1, 0.15) is 17.3 Å². The number of benzene rings is 1. The molecule has 26 heavy (non-hydrogen) atoms. The van der Waals surface area contributed by atoms with E-state index in [2.05, 4.69) is 10.7 Å². The number of carbonyl (C=O) groups excluding carboxylic acids is 3. The van der Waals surface area contributed by atoms with E-state index in [4.69, 9.17) is 4.42 Å². The van der Waals surface area contributed by atoms with E-state index in [9.17, 15) is 18.8 Å². The van der Waals surface area contributed by atoms with Crippen molar-refractivity contribution >= 4 is 23.8 Å². The second kappa shape index (κ2) is 8.61. The molecule has 0 aliphatic rings. The van der Waals surface area contributed by atoms with Gasteiger partial charge in [-0.15, -0.1) is 0 Å². The molecule has 3 N–H and O–H groups in total. The Balaban J connectivity index is 1.90. The molecule has 0 bridgehead atoms. The van der Waals surface area contributed by atoms with Crippen LogP contribution >= 0.6 is 0 Å². The molecule has 1 heterocycles. The molecule has 1 aromatic carbocycles. The first-order chi connectivity index (χ1) is 12.4. The van der Waals surface area contributed by atoms with Gasteiger partial charge in [-0.3, -0.25) is 25.2 Å². The van der Waals surface area contributed by atoms with Gasteiger partial charge < -0.3 is 9.73 Å². The van der Waals surface area contributed by atoms with Gasteiger partial charge in [0.05, 0.1) is 5.56 Å². The molecular weight excluding hydrogens is 341 g/mol. The highest BCUT2D eigenvalue weighted by molar-refractivity contribution is 6.35. The van der Waals surface area contributed by atoms with Crippen LogP contribution in [-0.2, 0) is 14.4 Å². The number of hydrazine groups is 1. The van der Waals surface area contributed by atoms with Crippen molar-refractivity contribution in [2.75, 3.05) is 0 Å². The summed E-state index contributed by atoms with van der Waals surface area (Å²) in [6, 6.07) is 9.09. The Labute approximate surface area is 149 Å². The fourth-order valence-corrected chi connectivity index (χ4v) is 1.95. The fraction of sp³-hybridized carbons (Fsp3) is 0.167. The van der Waals surface area contributed by atoms with Crippen LogP contribution in [0, 0.1) is 5.82 Å². The Bertz CT molecular complexity index is 842. The average Bonchev–Trinajstić information content (AvgIpc) is 3.06. The van der Waals surface area contributed by atoms with Gasteiger partial charge in [-0.1, -0.05) is 12.1 Å². The molecule has 0 unspecified atom stereocenters. The minimum absolute atomic E-state index is 0.202. The Hall–Kier alpha value is -3.42. The minimum atomic E-state index is -0.986. The van der Waals surface area contributed by atoms with Gasteiger partial charge >= 0.3 is 11.8 Å². The van der Waals surface area contributed by atoms with E-state index in [-0.39, 0.29) is 6.04 Å². The van der Waals surface area contributed by atoms with Crippen molar-refractivity contribution in [2.45, 2.75) is 19.9 Å². The molecule has 0 saturated carbocycles. The summed E-state index contributed by atoms with van der Waals surface area (Å²) >= 11 is 0. The normalized spacial score (nSPS) is 10.8. The fourth-order valence-electron chi connectivity index (χ4n) is 1.95. The Kier molecular flexibility index (Phi) is 6.26. The van der Waals surface area contributed by atoms with Crippen molar-refractivity contribution < 1.29 is 23.2 Å². The van der Waals surface area contributed by atoms with Gasteiger partial charge in [0.25, 0.3) is 5.91 Å². The molecule has 8 heteroatoms. The van der Waals surface area contributed by atoms with Crippen molar-refractivity contribution in [3.05, 3.63) is 54.1 Å². The summed E-state index contributed by atoms with van der Waals surface area (Å²) < 4.78 is 19.2. The molecule has 0 aliphatic carbocycles. The van der Waals surface area contributed by atoms with E-state index >= 15 is 0 Å². The molecule has 0 radical (unpaired) electrons. The molecule has 2 rings (SSSR count). The molecular formula is C18H18FN3O4. The topological polar surface area (TPSA) is 100 Å². The van der Waals surface area contributed by atoms with Crippen LogP contribution in [0.2, 0.25) is 0 Å². The number of furan rings is 1. The lowest BCUT2D eigenvalue weighted by atomic mass is 10.1. The van der Waals surface area contributed by atoms with Crippen LogP contribution in [0.1, 0.15) is 19.6 Å². The highest BCUT2D eigenvalue weighted by Gasteiger charge is 2.14. The van der Waals surface area contributed by atoms with Crippen molar-refractivity contribution in [1.82, 2.24) is 16.2 Å². The number of hydrogen-bond acceptors (Lipinski definition) is 4. The quantitative estimate of drug-likeness (QED) is 0.440. The monoisotopic (exact) mass is 359 g/mol. The third kappa shape index (κ3) is 5.30. The third-order valence-corrected chi connectivity index (χ3v) is 3.09. The number of hydrogen-bond donors (Lipinski definition) is 3. The van der Waals surface area contributed by atoms with Crippen LogP contribution in [0.5, 0.6) is 0 Å². The molecule has 0 atom stereocenters. The number of amides is 3. The maximum absolute atomic E-state index is 13.7. The number of halogens is 1. The van der Waals surface area contributed by atoms with Crippen molar-refractivity contribution in [3.63, 3.8) is 0 Å². The lowest BCUT2D eigenvalue weighted by molar-refractivity contribution is -0.140. The second-order valence-corrected chi connectivity index (χ2v) is 5.59. The highest BCUT2D eigenvalue weighted by Crippen LogP contribution is 2.25. The van der Waals surface area contributed by atoms with Crippen molar-refractivity contribution in [3.8, 4) is 11.3 Å². The molecule has 7 nitrogen and oxygen atoms in total. The van der Waals surface area contributed by atoms with E-state index in [0.29, 0.717) is 17.1 Å². The van der Waals surface area contributed by atoms with Gasteiger partial charge in [-0.2, -0.15) is 0 Å². The van der Waals surface area contributed by atoms with Crippen LogP contribution in [-0.4, -0.2) is 23.8 Å². The van der Waals surface area contributed by atoms with Gasteiger partial charge in [-0.05, 0) is 44.2 Å². The van der Waals surface area contributed by atoms with Crippen LogP contribution in [0.15, 0.2) is 46.9 Å². The third-order valence-electron chi connectivity index (χ3n) is 3.09. The predicted octanol–water partition coefficient (Wildman–Crippen LogP) is 1.77.